The number of hydrogen-bond acceptors (Lipinski definition) is 4. The summed E-state index contributed by atoms with van der Waals surface area (Å²) >= 11 is 5.99. The third kappa shape index (κ3) is 4.43. The van der Waals surface area contributed by atoms with Crippen LogP contribution in [-0.4, -0.2) is 22.0 Å². The van der Waals surface area contributed by atoms with Crippen LogP contribution < -0.4 is 10.1 Å². The molecule has 1 amide bonds. The number of nitrogens with one attached hydrogen (secondary N) is 1. The van der Waals surface area contributed by atoms with E-state index in [-0.39, 0.29) is 5.91 Å². The van der Waals surface area contributed by atoms with E-state index in [1.54, 1.807) is 31.2 Å². The second-order valence-corrected chi connectivity index (χ2v) is 4.97. The molecule has 0 radical (unpaired) electrons. The fourth-order valence-corrected chi connectivity index (χ4v) is 1.89. The van der Waals surface area contributed by atoms with E-state index in [4.69, 9.17) is 16.3 Å². The highest BCUT2D eigenvalue weighted by molar-refractivity contribution is 6.32. The van der Waals surface area contributed by atoms with E-state index in [0.29, 0.717) is 17.3 Å². The van der Waals surface area contributed by atoms with Crippen molar-refractivity contribution in [3.63, 3.8) is 0 Å². The Labute approximate surface area is 128 Å². The Bertz CT molecular complexity index is 634. The van der Waals surface area contributed by atoms with Gasteiger partial charge >= 0.3 is 0 Å². The lowest BCUT2D eigenvalue weighted by atomic mass is 10.3. The zero-order chi connectivity index (χ0) is 15.2. The quantitative estimate of drug-likeness (QED) is 0.922. The number of rotatable bonds is 5. The van der Waals surface area contributed by atoms with Gasteiger partial charge in [0, 0.05) is 5.69 Å². The Morgan fingerprint density at radius 2 is 2.14 bits per heavy atom. The van der Waals surface area contributed by atoms with Gasteiger partial charge in [-0.2, -0.15) is 0 Å². The Morgan fingerprint density at radius 3 is 2.86 bits per heavy atom. The molecule has 0 aliphatic heterocycles. The van der Waals surface area contributed by atoms with Gasteiger partial charge in [0.1, 0.15) is 12.1 Å². The fraction of sp³-hybridized carbons (Fsp3) is 0.267. The van der Waals surface area contributed by atoms with Gasteiger partial charge in [-0.05, 0) is 32.0 Å². The molecule has 2 rings (SSSR count). The van der Waals surface area contributed by atoms with Crippen LogP contribution in [0.5, 0.6) is 5.75 Å². The Morgan fingerprint density at radius 1 is 1.38 bits per heavy atom. The number of para-hydroxylation sites is 1. The normalized spacial score (nSPS) is 11.8. The maximum absolute atomic E-state index is 12.0. The molecule has 0 bridgehead atoms. The van der Waals surface area contributed by atoms with Crippen molar-refractivity contribution in [2.24, 2.45) is 0 Å². The number of nitrogens with zero attached hydrogens (tertiary/aromatic N) is 2. The van der Waals surface area contributed by atoms with E-state index in [0.717, 1.165) is 11.4 Å². The predicted octanol–water partition coefficient (Wildman–Crippen LogP) is 2.52. The van der Waals surface area contributed by atoms with Crippen molar-refractivity contribution < 1.29 is 9.53 Å². The predicted molar refractivity (Wildman–Crippen MR) is 80.2 cm³/mol. The summed E-state index contributed by atoms with van der Waals surface area (Å²) in [6.07, 6.45) is 0.827. The molecule has 1 unspecified atom stereocenters. The molecule has 5 nitrogen and oxygen atoms in total. The molecule has 2 aromatic rings. The minimum atomic E-state index is -0.646. The first-order valence-corrected chi connectivity index (χ1v) is 6.90. The molecule has 1 aromatic heterocycles. The molecule has 0 saturated carbocycles. The van der Waals surface area contributed by atoms with Gasteiger partial charge < -0.3 is 10.1 Å². The molecule has 1 aromatic carbocycles. The van der Waals surface area contributed by atoms with Crippen LogP contribution in [0.2, 0.25) is 5.02 Å². The van der Waals surface area contributed by atoms with Crippen molar-refractivity contribution in [1.82, 2.24) is 15.3 Å². The topological polar surface area (TPSA) is 64.1 Å². The first kappa shape index (κ1) is 15.3. The Balaban J connectivity index is 1.90. The van der Waals surface area contributed by atoms with Crippen molar-refractivity contribution >= 4 is 17.5 Å². The largest absolute Gasteiger partial charge is 0.479 e. The van der Waals surface area contributed by atoms with E-state index in [2.05, 4.69) is 15.3 Å². The third-order valence-electron chi connectivity index (χ3n) is 2.81. The molecular weight excluding hydrogens is 290 g/mol. The lowest BCUT2D eigenvalue weighted by Crippen LogP contribution is -2.36. The lowest BCUT2D eigenvalue weighted by molar-refractivity contribution is -0.127. The summed E-state index contributed by atoms with van der Waals surface area (Å²) in [5, 5.41) is 3.24. The zero-order valence-corrected chi connectivity index (χ0v) is 12.6. The van der Waals surface area contributed by atoms with Crippen molar-refractivity contribution in [3.05, 3.63) is 53.1 Å². The number of hydrogen-bond donors (Lipinski definition) is 1. The van der Waals surface area contributed by atoms with Crippen LogP contribution in [0.4, 0.5) is 0 Å². The number of ether oxygens (including phenoxy) is 1. The van der Waals surface area contributed by atoms with Crippen LogP contribution in [0.3, 0.4) is 0 Å². The molecule has 1 atom stereocenters. The minimum Gasteiger partial charge on any atom is -0.479 e. The summed E-state index contributed by atoms with van der Waals surface area (Å²) in [6, 6.07) is 8.86. The minimum absolute atomic E-state index is 0.230. The van der Waals surface area contributed by atoms with Crippen molar-refractivity contribution in [2.75, 3.05) is 0 Å². The number of aryl methyl sites for hydroxylation is 1. The van der Waals surface area contributed by atoms with Crippen molar-refractivity contribution in [1.29, 1.82) is 0 Å². The van der Waals surface area contributed by atoms with E-state index in [1.165, 1.54) is 6.33 Å². The molecule has 0 spiro atoms. The number of aromatic nitrogens is 2. The standard InChI is InChI=1S/C15H16ClN3O2/c1-10-7-12(19-9-18-10)8-17-15(20)11(2)21-14-6-4-3-5-13(14)16/h3-7,9,11H,8H2,1-2H3,(H,17,20). The SMILES string of the molecule is Cc1cc(CNC(=O)C(C)Oc2ccccc2Cl)ncn1. The summed E-state index contributed by atoms with van der Waals surface area (Å²) < 4.78 is 5.54. The first-order chi connectivity index (χ1) is 10.1. The molecule has 6 heteroatoms. The van der Waals surface area contributed by atoms with Gasteiger partial charge in [-0.3, -0.25) is 4.79 Å². The van der Waals surface area contributed by atoms with Gasteiger partial charge in [0.2, 0.25) is 0 Å². The molecule has 110 valence electrons. The van der Waals surface area contributed by atoms with Crippen molar-refractivity contribution in [2.45, 2.75) is 26.5 Å². The highest BCUT2D eigenvalue weighted by Crippen LogP contribution is 2.24. The second-order valence-electron chi connectivity index (χ2n) is 4.56. The van der Waals surface area contributed by atoms with E-state index >= 15 is 0 Å². The van der Waals surface area contributed by atoms with Crippen LogP contribution in [-0.2, 0) is 11.3 Å². The molecule has 1 heterocycles. The average Bonchev–Trinajstić information content (AvgIpc) is 2.47. The Kier molecular flexibility index (Phi) is 5.11. The molecule has 0 aliphatic rings. The van der Waals surface area contributed by atoms with Crippen LogP contribution in [0.15, 0.2) is 36.7 Å². The van der Waals surface area contributed by atoms with Gasteiger partial charge in [0.05, 0.1) is 17.3 Å². The number of halogens is 1. The maximum Gasteiger partial charge on any atom is 0.261 e. The van der Waals surface area contributed by atoms with Gasteiger partial charge in [-0.15, -0.1) is 0 Å². The van der Waals surface area contributed by atoms with Crippen LogP contribution in [0.1, 0.15) is 18.3 Å². The van der Waals surface area contributed by atoms with Crippen molar-refractivity contribution in [3.8, 4) is 5.75 Å². The zero-order valence-electron chi connectivity index (χ0n) is 11.8. The van der Waals surface area contributed by atoms with E-state index in [1.807, 2.05) is 13.0 Å². The van der Waals surface area contributed by atoms with E-state index < -0.39 is 6.10 Å². The molecule has 0 fully saturated rings. The van der Waals surface area contributed by atoms with Gasteiger partial charge in [0.15, 0.2) is 6.10 Å². The van der Waals surface area contributed by atoms with Gasteiger partial charge in [-0.25, -0.2) is 9.97 Å². The molecule has 21 heavy (non-hydrogen) atoms. The number of amides is 1. The molecule has 0 saturated heterocycles. The smallest absolute Gasteiger partial charge is 0.261 e. The maximum atomic E-state index is 12.0. The number of benzene rings is 1. The summed E-state index contributed by atoms with van der Waals surface area (Å²) in [6.45, 7) is 3.87. The molecular formula is C15H16ClN3O2. The van der Waals surface area contributed by atoms with E-state index in [9.17, 15) is 4.79 Å². The van der Waals surface area contributed by atoms with Crippen LogP contribution in [0.25, 0.3) is 0 Å². The number of carbonyl (C=O) groups is 1. The highest BCUT2D eigenvalue weighted by Gasteiger charge is 2.15. The summed E-state index contributed by atoms with van der Waals surface area (Å²) in [4.78, 5) is 20.1. The average molecular weight is 306 g/mol. The Hall–Kier alpha value is -2.14. The first-order valence-electron chi connectivity index (χ1n) is 6.52. The lowest BCUT2D eigenvalue weighted by Gasteiger charge is -2.15. The number of carbonyl (C=O) groups excluding carboxylic acids is 1. The van der Waals surface area contributed by atoms with Crippen LogP contribution in [0, 0.1) is 6.92 Å². The molecule has 0 aliphatic carbocycles. The molecule has 1 N–H and O–H groups in total. The highest BCUT2D eigenvalue weighted by atomic mass is 35.5. The summed E-state index contributed by atoms with van der Waals surface area (Å²) in [5.74, 6) is 0.255. The monoisotopic (exact) mass is 305 g/mol. The summed E-state index contributed by atoms with van der Waals surface area (Å²) in [5.41, 5.74) is 1.61. The summed E-state index contributed by atoms with van der Waals surface area (Å²) in [7, 11) is 0. The van der Waals surface area contributed by atoms with Gasteiger partial charge in [0.25, 0.3) is 5.91 Å². The fourth-order valence-electron chi connectivity index (χ4n) is 1.71. The second kappa shape index (κ2) is 7.04. The van der Waals surface area contributed by atoms with Gasteiger partial charge in [-0.1, -0.05) is 23.7 Å². The third-order valence-corrected chi connectivity index (χ3v) is 3.13. The van der Waals surface area contributed by atoms with Crippen LogP contribution >= 0.6 is 11.6 Å².